The molecule has 1 amide bonds. The van der Waals surface area contributed by atoms with E-state index in [0.717, 1.165) is 17.0 Å². The van der Waals surface area contributed by atoms with Crippen molar-refractivity contribution in [3.8, 4) is 0 Å². The number of rotatable bonds is 6. The predicted octanol–water partition coefficient (Wildman–Crippen LogP) is 1.92. The van der Waals surface area contributed by atoms with Crippen LogP contribution in [0.2, 0.25) is 0 Å². The second kappa shape index (κ2) is 8.48. The highest BCUT2D eigenvalue weighted by atomic mass is 16.5. The summed E-state index contributed by atoms with van der Waals surface area (Å²) in [5, 5.41) is 8.72. The second-order valence-electron chi connectivity index (χ2n) is 7.03. The lowest BCUT2D eigenvalue weighted by molar-refractivity contribution is 0.0513. The highest BCUT2D eigenvalue weighted by Gasteiger charge is 2.31. The van der Waals surface area contributed by atoms with Crippen molar-refractivity contribution in [1.29, 1.82) is 0 Å². The number of carbonyl (C=O) groups is 2. The lowest BCUT2D eigenvalue weighted by Gasteiger charge is -2.27. The number of nitrogens with zero attached hydrogens (tertiary/aromatic N) is 6. The number of pyridine rings is 1. The van der Waals surface area contributed by atoms with Gasteiger partial charge in [0, 0.05) is 43.2 Å². The lowest BCUT2D eigenvalue weighted by Crippen LogP contribution is -2.36. The molecule has 0 aliphatic carbocycles. The quantitative estimate of drug-likeness (QED) is 0.579. The molecule has 3 aromatic heterocycles. The molecule has 0 N–H and O–H groups in total. The zero-order valence-corrected chi connectivity index (χ0v) is 17.1. The summed E-state index contributed by atoms with van der Waals surface area (Å²) in [6.07, 6.45) is 5.66. The lowest BCUT2D eigenvalue weighted by atomic mass is 10.0. The van der Waals surface area contributed by atoms with Crippen LogP contribution in [0.1, 0.15) is 51.6 Å². The summed E-state index contributed by atoms with van der Waals surface area (Å²) in [6.45, 7) is 6.00. The van der Waals surface area contributed by atoms with Crippen molar-refractivity contribution in [3.63, 3.8) is 0 Å². The fourth-order valence-corrected chi connectivity index (χ4v) is 3.63. The van der Waals surface area contributed by atoms with Gasteiger partial charge in [-0.05, 0) is 26.0 Å². The number of hydrogen-bond donors (Lipinski definition) is 0. The molecule has 9 nitrogen and oxygen atoms in total. The largest absolute Gasteiger partial charge is 0.461 e. The minimum Gasteiger partial charge on any atom is -0.461 e. The molecule has 0 saturated carbocycles. The van der Waals surface area contributed by atoms with E-state index in [1.807, 2.05) is 25.1 Å². The van der Waals surface area contributed by atoms with Crippen molar-refractivity contribution in [1.82, 2.24) is 29.4 Å². The molecule has 1 aliphatic rings. The van der Waals surface area contributed by atoms with Crippen LogP contribution in [-0.4, -0.2) is 54.5 Å². The average Bonchev–Trinajstić information content (AvgIpc) is 3.39. The van der Waals surface area contributed by atoms with Gasteiger partial charge in [-0.3, -0.25) is 19.1 Å². The van der Waals surface area contributed by atoms with E-state index >= 15 is 0 Å². The first kappa shape index (κ1) is 19.8. The van der Waals surface area contributed by atoms with Crippen LogP contribution in [0.5, 0.6) is 0 Å². The maximum Gasteiger partial charge on any atom is 0.359 e. The molecule has 0 saturated heterocycles. The number of hydrogen-bond acceptors (Lipinski definition) is 6. The summed E-state index contributed by atoms with van der Waals surface area (Å²) in [6, 6.07) is 5.69. The van der Waals surface area contributed by atoms with Gasteiger partial charge in [0.15, 0.2) is 5.69 Å². The van der Waals surface area contributed by atoms with Gasteiger partial charge in [-0.1, -0.05) is 6.07 Å². The predicted molar refractivity (Wildman–Crippen MR) is 108 cm³/mol. The Morgan fingerprint density at radius 3 is 2.80 bits per heavy atom. The summed E-state index contributed by atoms with van der Waals surface area (Å²) in [5.74, 6) is -0.575. The highest BCUT2D eigenvalue weighted by Crippen LogP contribution is 2.25. The van der Waals surface area contributed by atoms with E-state index in [-0.39, 0.29) is 18.2 Å². The number of esters is 1. The summed E-state index contributed by atoms with van der Waals surface area (Å²) in [4.78, 5) is 31.6. The van der Waals surface area contributed by atoms with Crippen molar-refractivity contribution in [2.24, 2.45) is 0 Å². The van der Waals surface area contributed by atoms with E-state index in [9.17, 15) is 9.59 Å². The Hall–Kier alpha value is -3.49. The molecule has 0 radical (unpaired) electrons. The summed E-state index contributed by atoms with van der Waals surface area (Å²) in [7, 11) is 0. The Morgan fingerprint density at radius 1 is 1.23 bits per heavy atom. The minimum atomic E-state index is -0.471. The highest BCUT2D eigenvalue weighted by molar-refractivity contribution is 5.94. The molecule has 30 heavy (non-hydrogen) atoms. The smallest absolute Gasteiger partial charge is 0.359 e. The summed E-state index contributed by atoms with van der Waals surface area (Å²) < 4.78 is 8.73. The maximum absolute atomic E-state index is 13.0. The molecule has 0 spiro atoms. The molecule has 0 aromatic carbocycles. The molecule has 0 unspecified atom stereocenters. The Balaban J connectivity index is 1.64. The van der Waals surface area contributed by atoms with Crippen LogP contribution in [0, 0.1) is 0 Å². The van der Waals surface area contributed by atoms with Crippen molar-refractivity contribution in [3.05, 3.63) is 65.0 Å². The fraction of sp³-hybridized carbons (Fsp3) is 0.381. The third-order valence-electron chi connectivity index (χ3n) is 5.13. The van der Waals surface area contributed by atoms with E-state index < -0.39 is 5.97 Å². The third-order valence-corrected chi connectivity index (χ3v) is 5.13. The maximum atomic E-state index is 13.0. The van der Waals surface area contributed by atoms with Crippen LogP contribution < -0.4 is 0 Å². The zero-order chi connectivity index (χ0) is 21.1. The Kier molecular flexibility index (Phi) is 5.60. The molecule has 4 heterocycles. The van der Waals surface area contributed by atoms with Gasteiger partial charge in [-0.2, -0.15) is 10.2 Å². The Morgan fingerprint density at radius 2 is 2.10 bits per heavy atom. The third kappa shape index (κ3) is 3.83. The van der Waals surface area contributed by atoms with E-state index in [1.54, 1.807) is 39.8 Å². The standard InChI is InChI=1S/C21H24N6O3/c1-3-26-12-15(11-23-26)20(28)25-10-8-18-17(14-25)19(21(29)30-4-2)24-27(18)13-16-7-5-6-9-22-16/h5-7,9,11-12H,3-4,8,10,13-14H2,1-2H3. The van der Waals surface area contributed by atoms with E-state index in [2.05, 4.69) is 15.2 Å². The normalized spacial score (nSPS) is 13.2. The Labute approximate surface area is 174 Å². The number of amides is 1. The molecule has 0 fully saturated rings. The van der Waals surface area contributed by atoms with Gasteiger partial charge >= 0.3 is 5.97 Å². The van der Waals surface area contributed by atoms with Crippen LogP contribution in [0.3, 0.4) is 0 Å². The molecule has 1 aliphatic heterocycles. The summed E-state index contributed by atoms with van der Waals surface area (Å²) in [5.41, 5.74) is 3.34. The number of aromatic nitrogens is 5. The zero-order valence-electron chi connectivity index (χ0n) is 17.1. The second-order valence-corrected chi connectivity index (χ2v) is 7.03. The van der Waals surface area contributed by atoms with Crippen LogP contribution >= 0.6 is 0 Å². The first-order chi connectivity index (χ1) is 14.6. The summed E-state index contributed by atoms with van der Waals surface area (Å²) >= 11 is 0. The van der Waals surface area contributed by atoms with Gasteiger partial charge in [0.1, 0.15) is 0 Å². The molecule has 0 bridgehead atoms. The van der Waals surface area contributed by atoms with E-state index in [0.29, 0.717) is 38.2 Å². The van der Waals surface area contributed by atoms with Crippen LogP contribution in [0.4, 0.5) is 0 Å². The number of fused-ring (bicyclic) bond motifs is 1. The van der Waals surface area contributed by atoms with E-state index in [4.69, 9.17) is 4.74 Å². The molecule has 9 heteroatoms. The molecular formula is C21H24N6O3. The van der Waals surface area contributed by atoms with Gasteiger partial charge in [0.25, 0.3) is 5.91 Å². The number of carbonyl (C=O) groups excluding carboxylic acids is 2. The SMILES string of the molecule is CCOC(=O)c1nn(Cc2ccccn2)c2c1CN(C(=O)c1cnn(CC)c1)CC2. The van der Waals surface area contributed by atoms with E-state index in [1.165, 1.54) is 0 Å². The minimum absolute atomic E-state index is 0.104. The van der Waals surface area contributed by atoms with Gasteiger partial charge in [0.2, 0.25) is 0 Å². The fourth-order valence-electron chi connectivity index (χ4n) is 3.63. The van der Waals surface area contributed by atoms with Gasteiger partial charge in [0.05, 0.1) is 37.2 Å². The first-order valence-corrected chi connectivity index (χ1v) is 10.1. The molecule has 0 atom stereocenters. The molecule has 3 aromatic rings. The number of ether oxygens (including phenoxy) is 1. The van der Waals surface area contributed by atoms with Crippen molar-refractivity contribution < 1.29 is 14.3 Å². The van der Waals surface area contributed by atoms with Crippen LogP contribution in [-0.2, 0) is 30.8 Å². The van der Waals surface area contributed by atoms with Crippen molar-refractivity contribution >= 4 is 11.9 Å². The van der Waals surface area contributed by atoms with Gasteiger partial charge in [-0.25, -0.2) is 4.79 Å². The first-order valence-electron chi connectivity index (χ1n) is 10.1. The molecular weight excluding hydrogens is 384 g/mol. The van der Waals surface area contributed by atoms with Gasteiger partial charge in [-0.15, -0.1) is 0 Å². The van der Waals surface area contributed by atoms with Crippen molar-refractivity contribution in [2.75, 3.05) is 13.2 Å². The van der Waals surface area contributed by atoms with Crippen LogP contribution in [0.15, 0.2) is 36.8 Å². The van der Waals surface area contributed by atoms with Gasteiger partial charge < -0.3 is 9.64 Å². The molecule has 156 valence electrons. The van der Waals surface area contributed by atoms with Crippen molar-refractivity contribution in [2.45, 2.75) is 39.9 Å². The topological polar surface area (TPSA) is 95.1 Å². The number of aryl methyl sites for hydroxylation is 1. The monoisotopic (exact) mass is 408 g/mol. The Bertz CT molecular complexity index is 1060. The van der Waals surface area contributed by atoms with Crippen LogP contribution in [0.25, 0.3) is 0 Å². The molecule has 4 rings (SSSR count). The average molecular weight is 408 g/mol.